The van der Waals surface area contributed by atoms with E-state index in [4.69, 9.17) is 0 Å². The molecule has 0 fully saturated rings. The summed E-state index contributed by atoms with van der Waals surface area (Å²) in [6, 6.07) is 9.48. The van der Waals surface area contributed by atoms with Crippen LogP contribution in [0.2, 0.25) is 19.6 Å². The number of hydrogen-bond donors (Lipinski definition) is 0. The summed E-state index contributed by atoms with van der Waals surface area (Å²) in [7, 11) is 0.828. The molecule has 0 spiro atoms. The van der Waals surface area contributed by atoms with Crippen molar-refractivity contribution in [1.29, 1.82) is 0 Å². The van der Waals surface area contributed by atoms with E-state index in [0.717, 1.165) is 0 Å². The van der Waals surface area contributed by atoms with Crippen LogP contribution in [0, 0.1) is 6.92 Å². The molecule has 0 saturated carbocycles. The van der Waals surface area contributed by atoms with Gasteiger partial charge in [0, 0.05) is 16.8 Å². The molecule has 0 aliphatic carbocycles. The van der Waals surface area contributed by atoms with Crippen molar-refractivity contribution in [2.24, 2.45) is 7.05 Å². The first kappa shape index (κ1) is 20.9. The van der Waals surface area contributed by atoms with Gasteiger partial charge in [-0.3, -0.25) is 0 Å². The van der Waals surface area contributed by atoms with E-state index < -0.39 is 8.07 Å². The predicted molar refractivity (Wildman–Crippen MR) is 118 cm³/mol. The van der Waals surface area contributed by atoms with Gasteiger partial charge in [0.2, 0.25) is 5.69 Å². The fraction of sp³-hybridized carbons (Fsp3) is 0.542. The van der Waals surface area contributed by atoms with Gasteiger partial charge in [0.1, 0.15) is 7.05 Å². The number of aryl methyl sites for hydroxylation is 2. The Balaban J connectivity index is 2.75. The van der Waals surface area contributed by atoms with Crippen LogP contribution in [-0.4, -0.2) is 8.07 Å². The van der Waals surface area contributed by atoms with Crippen molar-refractivity contribution in [3.8, 4) is 11.3 Å². The van der Waals surface area contributed by atoms with Crippen LogP contribution in [0.1, 0.15) is 69.1 Å². The highest BCUT2D eigenvalue weighted by Gasteiger charge is 2.28. The zero-order valence-electron chi connectivity index (χ0n) is 18.4. The quantitative estimate of drug-likeness (QED) is 0.431. The third kappa shape index (κ3) is 4.28. The van der Waals surface area contributed by atoms with E-state index in [-0.39, 0.29) is 0 Å². The lowest BCUT2D eigenvalue weighted by atomic mass is 9.91. The fourth-order valence-electron chi connectivity index (χ4n) is 3.90. The highest BCUT2D eigenvalue weighted by Crippen LogP contribution is 2.29. The summed E-state index contributed by atoms with van der Waals surface area (Å²) < 4.78 is 2.37. The molecule has 0 aliphatic rings. The van der Waals surface area contributed by atoms with Crippen molar-refractivity contribution in [1.82, 2.24) is 0 Å². The monoisotopic (exact) mass is 368 g/mol. The Bertz CT molecular complexity index is 765. The minimum atomic E-state index is -1.39. The summed E-state index contributed by atoms with van der Waals surface area (Å²) in [5, 5.41) is 1.62. The van der Waals surface area contributed by atoms with Gasteiger partial charge in [-0.25, -0.2) is 4.57 Å². The van der Waals surface area contributed by atoms with Crippen LogP contribution in [0.3, 0.4) is 0 Å². The molecule has 1 aromatic carbocycles. The first-order valence-corrected chi connectivity index (χ1v) is 13.7. The Morgan fingerprint density at radius 2 is 1.62 bits per heavy atom. The number of rotatable bonds is 6. The van der Waals surface area contributed by atoms with E-state index >= 15 is 0 Å². The van der Waals surface area contributed by atoms with Gasteiger partial charge in [0.05, 0.1) is 8.07 Å². The third-order valence-corrected chi connectivity index (χ3v) is 7.78. The molecular formula is C24H38NSi+. The van der Waals surface area contributed by atoms with Crippen molar-refractivity contribution in [2.45, 2.75) is 78.9 Å². The Morgan fingerprint density at radius 3 is 2.12 bits per heavy atom. The zero-order valence-corrected chi connectivity index (χ0v) is 19.4. The van der Waals surface area contributed by atoms with Crippen LogP contribution in [0.4, 0.5) is 0 Å². The smallest absolute Gasteiger partial charge is 0.201 e. The average Bonchev–Trinajstić information content (AvgIpc) is 2.56. The summed E-state index contributed by atoms with van der Waals surface area (Å²) in [5.41, 5.74) is 7.11. The van der Waals surface area contributed by atoms with Crippen LogP contribution in [0.5, 0.6) is 0 Å². The van der Waals surface area contributed by atoms with Crippen LogP contribution in [0.15, 0.2) is 30.5 Å². The Hall–Kier alpha value is -1.41. The second kappa shape index (κ2) is 8.08. The summed E-state index contributed by atoms with van der Waals surface area (Å²) in [4.78, 5) is 0. The van der Waals surface area contributed by atoms with E-state index in [0.29, 0.717) is 11.8 Å². The second-order valence-corrected chi connectivity index (χ2v) is 14.2. The first-order valence-electron chi connectivity index (χ1n) is 10.2. The molecule has 0 aliphatic heterocycles. The highest BCUT2D eigenvalue weighted by molar-refractivity contribution is 6.89. The third-order valence-electron chi connectivity index (χ3n) is 5.74. The van der Waals surface area contributed by atoms with Gasteiger partial charge in [-0.15, -0.1) is 0 Å². The van der Waals surface area contributed by atoms with Gasteiger partial charge in [0.25, 0.3) is 0 Å². The summed E-state index contributed by atoms with van der Waals surface area (Å²) >= 11 is 0. The maximum atomic E-state index is 2.51. The molecule has 2 rings (SSSR count). The first-order chi connectivity index (χ1) is 12.1. The van der Waals surface area contributed by atoms with Crippen molar-refractivity contribution in [2.75, 3.05) is 0 Å². The zero-order chi connectivity index (χ0) is 19.6. The summed E-state index contributed by atoms with van der Waals surface area (Å²) in [6.45, 7) is 18.9. The molecule has 0 radical (unpaired) electrons. The molecule has 2 heteroatoms. The Kier molecular flexibility index (Phi) is 6.49. The minimum absolute atomic E-state index is 0.555. The van der Waals surface area contributed by atoms with Crippen LogP contribution >= 0.6 is 0 Å². The van der Waals surface area contributed by atoms with Gasteiger partial charge in [-0.05, 0) is 54.4 Å². The van der Waals surface area contributed by atoms with E-state index in [1.54, 1.807) is 10.8 Å². The molecule has 0 amide bonds. The molecule has 0 atom stereocenters. The number of nitrogens with zero attached hydrogens (tertiary/aromatic N) is 1. The normalized spacial score (nSPS) is 12.3. The maximum absolute atomic E-state index is 2.51. The van der Waals surface area contributed by atoms with E-state index in [2.05, 4.69) is 96.3 Å². The summed E-state index contributed by atoms with van der Waals surface area (Å²) in [5.74, 6) is 1.21. The largest absolute Gasteiger partial charge is 0.212 e. The highest BCUT2D eigenvalue weighted by atomic mass is 28.3. The Morgan fingerprint density at radius 1 is 1.00 bits per heavy atom. The molecule has 1 heterocycles. The molecule has 142 valence electrons. The standard InChI is InChI=1S/C24H38NSi/c1-10-19(11-2)22-15-23(25(6)16-24(22)26(7,8)9)21-14-20(17(3)4)13-12-18(21)5/h12-17,19H,10-11H2,1-9H3/q+1. The van der Waals surface area contributed by atoms with Crippen LogP contribution in [-0.2, 0) is 7.05 Å². The second-order valence-electron chi connectivity index (χ2n) is 9.13. The van der Waals surface area contributed by atoms with Gasteiger partial charge < -0.3 is 0 Å². The number of hydrogen-bond acceptors (Lipinski definition) is 0. The van der Waals surface area contributed by atoms with Crippen molar-refractivity contribution in [3.05, 3.63) is 47.2 Å². The molecule has 2 aromatic rings. The average molecular weight is 369 g/mol. The van der Waals surface area contributed by atoms with Crippen molar-refractivity contribution >= 4 is 13.3 Å². The van der Waals surface area contributed by atoms with Gasteiger partial charge in [0.15, 0.2) is 6.20 Å². The van der Waals surface area contributed by atoms with E-state index in [9.17, 15) is 0 Å². The number of benzene rings is 1. The van der Waals surface area contributed by atoms with Gasteiger partial charge in [-0.1, -0.05) is 59.5 Å². The fourth-order valence-corrected chi connectivity index (χ4v) is 5.62. The van der Waals surface area contributed by atoms with Crippen molar-refractivity contribution in [3.63, 3.8) is 0 Å². The SMILES string of the molecule is CCC(CC)c1cc(-c2cc(C(C)C)ccc2C)[n+](C)cc1[Si](C)(C)C. The minimum Gasteiger partial charge on any atom is -0.201 e. The molecular weight excluding hydrogens is 330 g/mol. The summed E-state index contributed by atoms with van der Waals surface area (Å²) in [6.07, 6.45) is 4.87. The molecule has 1 nitrogen and oxygen atoms in total. The molecule has 0 unspecified atom stereocenters. The molecule has 1 aromatic heterocycles. The molecule has 26 heavy (non-hydrogen) atoms. The van der Waals surface area contributed by atoms with Crippen LogP contribution < -0.4 is 9.75 Å². The lowest BCUT2D eigenvalue weighted by Gasteiger charge is -2.24. The molecule has 0 bridgehead atoms. The lowest BCUT2D eigenvalue weighted by Crippen LogP contribution is -2.47. The predicted octanol–water partition coefficient (Wildman–Crippen LogP) is 6.06. The van der Waals surface area contributed by atoms with Crippen LogP contribution in [0.25, 0.3) is 11.3 Å². The van der Waals surface area contributed by atoms with Gasteiger partial charge >= 0.3 is 0 Å². The Labute approximate surface area is 162 Å². The maximum Gasteiger partial charge on any atom is 0.212 e. The molecule has 0 saturated heterocycles. The van der Waals surface area contributed by atoms with E-state index in [1.807, 2.05) is 0 Å². The number of aromatic nitrogens is 1. The molecule has 0 N–H and O–H groups in total. The van der Waals surface area contributed by atoms with Crippen molar-refractivity contribution < 1.29 is 4.57 Å². The number of pyridine rings is 1. The van der Waals surface area contributed by atoms with E-state index in [1.165, 1.54) is 35.2 Å². The lowest BCUT2D eigenvalue weighted by molar-refractivity contribution is -0.659. The van der Waals surface area contributed by atoms with Gasteiger partial charge in [-0.2, -0.15) is 0 Å². The topological polar surface area (TPSA) is 3.88 Å².